The van der Waals surface area contributed by atoms with Gasteiger partial charge < -0.3 is 15.0 Å². The van der Waals surface area contributed by atoms with Gasteiger partial charge in [-0.15, -0.1) is 24.0 Å². The van der Waals surface area contributed by atoms with Gasteiger partial charge in [0.1, 0.15) is 0 Å². The molecule has 1 N–H and O–H groups in total. The average molecular weight is 478 g/mol. The molecule has 3 rings (SSSR count). The van der Waals surface area contributed by atoms with E-state index in [1.807, 2.05) is 12.1 Å². The number of nitrogens with one attached hydrogen (secondary N) is 1. The van der Waals surface area contributed by atoms with Crippen LogP contribution in [0.2, 0.25) is 5.02 Å². The Balaban J connectivity index is 0.00000225. The number of benzene rings is 1. The normalized spacial score (nSPS) is 21.8. The highest BCUT2D eigenvalue weighted by Crippen LogP contribution is 2.48. The molecule has 25 heavy (non-hydrogen) atoms. The summed E-state index contributed by atoms with van der Waals surface area (Å²) in [5, 5.41) is 4.26. The predicted octanol–water partition coefficient (Wildman–Crippen LogP) is 3.92. The van der Waals surface area contributed by atoms with E-state index >= 15 is 0 Å². The van der Waals surface area contributed by atoms with Gasteiger partial charge in [0.2, 0.25) is 0 Å². The standard InChI is InChI=1S/C19H28ClN3O.HI/c1-3-21-18(23-11-8-15(12-23)13-24-2)22-14-19(9-10-19)16-4-6-17(20)7-5-16;/h4-7,15H,3,8-14H2,1-2H3,(H,21,22);1H. The van der Waals surface area contributed by atoms with Gasteiger partial charge in [-0.1, -0.05) is 23.7 Å². The molecule has 1 atom stereocenters. The summed E-state index contributed by atoms with van der Waals surface area (Å²) < 4.78 is 5.31. The summed E-state index contributed by atoms with van der Waals surface area (Å²) in [6.45, 7) is 6.82. The van der Waals surface area contributed by atoms with E-state index in [-0.39, 0.29) is 29.4 Å². The van der Waals surface area contributed by atoms with Gasteiger partial charge in [0.25, 0.3) is 0 Å². The number of hydrogen-bond acceptors (Lipinski definition) is 2. The van der Waals surface area contributed by atoms with Crippen LogP contribution in [0.15, 0.2) is 29.3 Å². The fraction of sp³-hybridized carbons (Fsp3) is 0.632. The number of nitrogens with zero attached hydrogens (tertiary/aromatic N) is 2. The van der Waals surface area contributed by atoms with Gasteiger partial charge in [-0.25, -0.2) is 0 Å². The Bertz CT molecular complexity index is 575. The molecule has 0 spiro atoms. The van der Waals surface area contributed by atoms with Crippen molar-refractivity contribution in [2.45, 2.75) is 31.6 Å². The van der Waals surface area contributed by atoms with E-state index in [4.69, 9.17) is 21.3 Å². The number of hydrogen-bond donors (Lipinski definition) is 1. The lowest BCUT2D eigenvalue weighted by molar-refractivity contribution is 0.157. The number of aliphatic imine (C=N–C) groups is 1. The Kier molecular flexibility index (Phi) is 7.83. The number of methoxy groups -OCH3 is 1. The van der Waals surface area contributed by atoms with Crippen LogP contribution >= 0.6 is 35.6 Å². The second-order valence-corrected chi connectivity index (χ2v) is 7.45. The Hall–Kier alpha value is -0.530. The molecule has 2 fully saturated rings. The first-order valence-corrected chi connectivity index (χ1v) is 9.33. The van der Waals surface area contributed by atoms with Gasteiger partial charge >= 0.3 is 0 Å². The second-order valence-electron chi connectivity index (χ2n) is 7.01. The first kappa shape index (κ1) is 20.8. The van der Waals surface area contributed by atoms with Gasteiger partial charge in [-0.05, 0) is 43.9 Å². The van der Waals surface area contributed by atoms with Crippen molar-refractivity contribution in [1.29, 1.82) is 0 Å². The van der Waals surface area contributed by atoms with E-state index in [0.717, 1.165) is 43.8 Å². The third-order valence-corrected chi connectivity index (χ3v) is 5.42. The number of guanidine groups is 1. The summed E-state index contributed by atoms with van der Waals surface area (Å²) in [6.07, 6.45) is 3.61. The van der Waals surface area contributed by atoms with Gasteiger partial charge in [0.15, 0.2) is 5.96 Å². The lowest BCUT2D eigenvalue weighted by Crippen LogP contribution is -2.40. The summed E-state index contributed by atoms with van der Waals surface area (Å²) >= 11 is 6.02. The van der Waals surface area contributed by atoms with Gasteiger partial charge in [-0.2, -0.15) is 0 Å². The molecule has 1 aliphatic heterocycles. The van der Waals surface area contributed by atoms with Crippen molar-refractivity contribution in [2.24, 2.45) is 10.9 Å². The first-order chi connectivity index (χ1) is 11.7. The van der Waals surface area contributed by atoms with Crippen LogP contribution in [-0.4, -0.2) is 50.8 Å². The zero-order chi connectivity index (χ0) is 17.0. The van der Waals surface area contributed by atoms with Crippen LogP contribution in [-0.2, 0) is 10.2 Å². The van der Waals surface area contributed by atoms with Gasteiger partial charge in [-0.3, -0.25) is 4.99 Å². The minimum absolute atomic E-state index is 0. The molecule has 1 aromatic rings. The number of halogens is 2. The summed E-state index contributed by atoms with van der Waals surface area (Å²) in [4.78, 5) is 7.36. The fourth-order valence-corrected chi connectivity index (χ4v) is 3.67. The molecule has 2 aliphatic rings. The van der Waals surface area contributed by atoms with Crippen LogP contribution in [0.4, 0.5) is 0 Å². The average Bonchev–Trinajstić information content (AvgIpc) is 3.23. The van der Waals surface area contributed by atoms with Crippen molar-refractivity contribution >= 4 is 41.5 Å². The van der Waals surface area contributed by atoms with Crippen LogP contribution in [0.1, 0.15) is 31.7 Å². The summed E-state index contributed by atoms with van der Waals surface area (Å²) in [7, 11) is 1.78. The van der Waals surface area contributed by atoms with E-state index < -0.39 is 0 Å². The highest BCUT2D eigenvalue weighted by atomic mass is 127. The van der Waals surface area contributed by atoms with Gasteiger partial charge in [0, 0.05) is 43.1 Å². The monoisotopic (exact) mass is 477 g/mol. The van der Waals surface area contributed by atoms with Crippen LogP contribution in [0.3, 0.4) is 0 Å². The maximum absolute atomic E-state index is 6.02. The smallest absolute Gasteiger partial charge is 0.193 e. The van der Waals surface area contributed by atoms with Crippen molar-refractivity contribution in [3.8, 4) is 0 Å². The highest BCUT2D eigenvalue weighted by Gasteiger charge is 2.44. The van der Waals surface area contributed by atoms with E-state index in [0.29, 0.717) is 5.92 Å². The molecule has 0 bridgehead atoms. The number of likely N-dealkylation sites (tertiary alicyclic amines) is 1. The third-order valence-electron chi connectivity index (χ3n) is 5.16. The molecule has 1 heterocycles. The molecule has 1 aliphatic carbocycles. The Labute approximate surface area is 173 Å². The lowest BCUT2D eigenvalue weighted by atomic mass is 9.96. The maximum Gasteiger partial charge on any atom is 0.193 e. The zero-order valence-electron chi connectivity index (χ0n) is 15.1. The van der Waals surface area contributed by atoms with E-state index in [1.54, 1.807) is 7.11 Å². The quantitative estimate of drug-likeness (QED) is 0.383. The molecular formula is C19H29ClIN3O. The Morgan fingerprint density at radius 1 is 1.36 bits per heavy atom. The molecule has 140 valence electrons. The maximum atomic E-state index is 6.02. The molecule has 1 saturated carbocycles. The SMILES string of the molecule is CCNC(=NCC1(c2ccc(Cl)cc2)CC1)N1CCC(COC)C1.I. The molecule has 1 saturated heterocycles. The third kappa shape index (κ3) is 5.23. The first-order valence-electron chi connectivity index (χ1n) is 8.95. The summed E-state index contributed by atoms with van der Waals surface area (Å²) in [5.74, 6) is 1.67. The van der Waals surface area contributed by atoms with Crippen LogP contribution in [0.25, 0.3) is 0 Å². The van der Waals surface area contributed by atoms with Crippen molar-refractivity contribution in [3.05, 3.63) is 34.9 Å². The fourth-order valence-electron chi connectivity index (χ4n) is 3.54. The van der Waals surface area contributed by atoms with Crippen molar-refractivity contribution in [3.63, 3.8) is 0 Å². The molecule has 6 heteroatoms. The van der Waals surface area contributed by atoms with Crippen LogP contribution < -0.4 is 5.32 Å². The highest BCUT2D eigenvalue weighted by molar-refractivity contribution is 14.0. The van der Waals surface area contributed by atoms with Crippen LogP contribution in [0, 0.1) is 5.92 Å². The summed E-state index contributed by atoms with van der Waals surface area (Å²) in [5.41, 5.74) is 1.59. The predicted molar refractivity (Wildman–Crippen MR) is 115 cm³/mol. The van der Waals surface area contributed by atoms with Crippen molar-refractivity contribution < 1.29 is 4.74 Å². The minimum Gasteiger partial charge on any atom is -0.384 e. The van der Waals surface area contributed by atoms with Crippen LogP contribution in [0.5, 0.6) is 0 Å². The molecule has 1 unspecified atom stereocenters. The number of ether oxygens (including phenoxy) is 1. The Morgan fingerprint density at radius 3 is 2.68 bits per heavy atom. The lowest BCUT2D eigenvalue weighted by Gasteiger charge is -2.23. The van der Waals surface area contributed by atoms with E-state index in [1.165, 1.54) is 24.8 Å². The Morgan fingerprint density at radius 2 is 2.08 bits per heavy atom. The van der Waals surface area contributed by atoms with E-state index in [9.17, 15) is 0 Å². The molecule has 0 amide bonds. The molecular weight excluding hydrogens is 449 g/mol. The second kappa shape index (κ2) is 9.42. The number of rotatable bonds is 6. The van der Waals surface area contributed by atoms with Gasteiger partial charge in [0.05, 0.1) is 13.2 Å². The molecule has 1 aromatic carbocycles. The molecule has 4 nitrogen and oxygen atoms in total. The zero-order valence-corrected chi connectivity index (χ0v) is 18.2. The van der Waals surface area contributed by atoms with E-state index in [2.05, 4.69) is 29.3 Å². The van der Waals surface area contributed by atoms with Crippen molar-refractivity contribution in [1.82, 2.24) is 10.2 Å². The minimum atomic E-state index is 0. The molecule has 0 radical (unpaired) electrons. The van der Waals surface area contributed by atoms with Crippen molar-refractivity contribution in [2.75, 3.05) is 39.9 Å². The topological polar surface area (TPSA) is 36.9 Å². The summed E-state index contributed by atoms with van der Waals surface area (Å²) in [6, 6.07) is 8.29. The molecule has 0 aromatic heterocycles. The largest absolute Gasteiger partial charge is 0.384 e.